The summed E-state index contributed by atoms with van der Waals surface area (Å²) in [6, 6.07) is 3.69. The topological polar surface area (TPSA) is 46.2 Å². The van der Waals surface area contributed by atoms with Crippen molar-refractivity contribution in [2.45, 2.75) is 52.5 Å². The number of phenols is 1. The van der Waals surface area contributed by atoms with E-state index in [1.807, 2.05) is 13.8 Å². The van der Waals surface area contributed by atoms with Crippen LogP contribution in [0.1, 0.15) is 55.3 Å². The van der Waals surface area contributed by atoms with Crippen molar-refractivity contribution in [3.05, 3.63) is 28.8 Å². The van der Waals surface area contributed by atoms with E-state index in [0.29, 0.717) is 5.75 Å². The Hall–Kier alpha value is -1.02. The lowest BCUT2D eigenvalue weighted by Crippen LogP contribution is -2.13. The molecule has 0 heterocycles. The van der Waals surface area contributed by atoms with Gasteiger partial charge in [-0.15, -0.1) is 0 Å². The predicted octanol–water partition coefficient (Wildman–Crippen LogP) is 3.59. The second-order valence-corrected chi connectivity index (χ2v) is 4.60. The van der Waals surface area contributed by atoms with Gasteiger partial charge < -0.3 is 10.8 Å². The normalized spacial score (nSPS) is 12.8. The molecule has 0 saturated heterocycles. The summed E-state index contributed by atoms with van der Waals surface area (Å²) in [5.41, 5.74) is 9.61. The Bertz CT molecular complexity index is 324. The fraction of sp³-hybridized carbons (Fsp3) is 0.571. The lowest BCUT2D eigenvalue weighted by molar-refractivity contribution is 0.473. The second kappa shape index (κ2) is 5.90. The average molecular weight is 221 g/mol. The zero-order valence-electron chi connectivity index (χ0n) is 10.6. The molecule has 0 aliphatic heterocycles. The van der Waals surface area contributed by atoms with Crippen LogP contribution in [0.25, 0.3) is 0 Å². The van der Waals surface area contributed by atoms with Crippen molar-refractivity contribution in [2.24, 2.45) is 5.73 Å². The Balaban J connectivity index is 2.78. The maximum Gasteiger partial charge on any atom is 0.116 e. The summed E-state index contributed by atoms with van der Waals surface area (Å²) in [6.07, 6.45) is 4.67. The Morgan fingerprint density at radius 1 is 1.19 bits per heavy atom. The summed E-state index contributed by atoms with van der Waals surface area (Å²) in [7, 11) is 0. The van der Waals surface area contributed by atoms with E-state index in [9.17, 15) is 5.11 Å². The zero-order valence-corrected chi connectivity index (χ0v) is 10.6. The Labute approximate surface area is 98.5 Å². The standard InChI is InChI=1S/C14H23NO/c1-4-5-6-7-13(15)14-10(2)8-12(16)9-11(14)3/h8-9,13,16H,4-7,15H2,1-3H3/t13-/m1/s1. The van der Waals surface area contributed by atoms with Crippen molar-refractivity contribution in [2.75, 3.05) is 0 Å². The van der Waals surface area contributed by atoms with Crippen molar-refractivity contribution in [1.82, 2.24) is 0 Å². The summed E-state index contributed by atoms with van der Waals surface area (Å²) in [6.45, 7) is 6.23. The summed E-state index contributed by atoms with van der Waals surface area (Å²) < 4.78 is 0. The number of nitrogens with two attached hydrogens (primary N) is 1. The van der Waals surface area contributed by atoms with Gasteiger partial charge in [-0.05, 0) is 49.1 Å². The van der Waals surface area contributed by atoms with Crippen LogP contribution in [0.2, 0.25) is 0 Å². The molecule has 0 saturated carbocycles. The number of benzene rings is 1. The van der Waals surface area contributed by atoms with Gasteiger partial charge in [-0.2, -0.15) is 0 Å². The smallest absolute Gasteiger partial charge is 0.116 e. The first-order valence-electron chi connectivity index (χ1n) is 6.12. The molecule has 0 fully saturated rings. The predicted molar refractivity (Wildman–Crippen MR) is 68.7 cm³/mol. The quantitative estimate of drug-likeness (QED) is 0.746. The molecule has 90 valence electrons. The van der Waals surface area contributed by atoms with Gasteiger partial charge in [0.05, 0.1) is 0 Å². The molecule has 0 radical (unpaired) electrons. The molecule has 2 heteroatoms. The highest BCUT2D eigenvalue weighted by molar-refractivity contribution is 5.42. The molecule has 1 atom stereocenters. The molecular formula is C14H23NO. The summed E-state index contributed by atoms with van der Waals surface area (Å²) in [5.74, 6) is 0.333. The van der Waals surface area contributed by atoms with Gasteiger partial charge in [0, 0.05) is 6.04 Å². The fourth-order valence-electron chi connectivity index (χ4n) is 2.30. The van der Waals surface area contributed by atoms with Crippen molar-refractivity contribution < 1.29 is 5.11 Å². The van der Waals surface area contributed by atoms with E-state index >= 15 is 0 Å². The SMILES string of the molecule is CCCCC[C@@H](N)c1c(C)cc(O)cc1C. The molecule has 1 aromatic carbocycles. The molecular weight excluding hydrogens is 198 g/mol. The molecule has 0 amide bonds. The second-order valence-electron chi connectivity index (χ2n) is 4.60. The minimum absolute atomic E-state index is 0.104. The average Bonchev–Trinajstić information content (AvgIpc) is 2.16. The summed E-state index contributed by atoms with van der Waals surface area (Å²) in [4.78, 5) is 0. The lowest BCUT2D eigenvalue weighted by atomic mass is 9.93. The van der Waals surface area contributed by atoms with Gasteiger partial charge in [-0.1, -0.05) is 26.2 Å². The van der Waals surface area contributed by atoms with Crippen LogP contribution >= 0.6 is 0 Å². The number of hydrogen-bond donors (Lipinski definition) is 2. The first-order valence-corrected chi connectivity index (χ1v) is 6.12. The molecule has 0 aromatic heterocycles. The Morgan fingerprint density at radius 2 is 1.75 bits per heavy atom. The van der Waals surface area contributed by atoms with Gasteiger partial charge in [0.25, 0.3) is 0 Å². The minimum Gasteiger partial charge on any atom is -0.508 e. The van der Waals surface area contributed by atoms with Crippen molar-refractivity contribution in [1.29, 1.82) is 0 Å². The molecule has 3 N–H and O–H groups in total. The lowest BCUT2D eigenvalue weighted by Gasteiger charge is -2.17. The molecule has 16 heavy (non-hydrogen) atoms. The third-order valence-electron chi connectivity index (χ3n) is 3.07. The third kappa shape index (κ3) is 3.24. The molecule has 0 aliphatic carbocycles. The number of phenolic OH excluding ortho intramolecular Hbond substituents is 1. The van der Waals surface area contributed by atoms with E-state index in [4.69, 9.17) is 5.73 Å². The van der Waals surface area contributed by atoms with Crippen LogP contribution in [0.3, 0.4) is 0 Å². The Morgan fingerprint density at radius 3 is 2.25 bits per heavy atom. The van der Waals surface area contributed by atoms with Gasteiger partial charge in [0.1, 0.15) is 5.75 Å². The van der Waals surface area contributed by atoms with E-state index < -0.39 is 0 Å². The van der Waals surface area contributed by atoms with Crippen LogP contribution in [-0.4, -0.2) is 5.11 Å². The Kier molecular flexibility index (Phi) is 4.81. The van der Waals surface area contributed by atoms with Gasteiger partial charge in [-0.3, -0.25) is 0 Å². The van der Waals surface area contributed by atoms with Crippen LogP contribution in [0.4, 0.5) is 0 Å². The fourth-order valence-corrected chi connectivity index (χ4v) is 2.30. The van der Waals surface area contributed by atoms with E-state index in [0.717, 1.165) is 17.5 Å². The van der Waals surface area contributed by atoms with Crippen molar-refractivity contribution >= 4 is 0 Å². The van der Waals surface area contributed by atoms with Gasteiger partial charge >= 0.3 is 0 Å². The third-order valence-corrected chi connectivity index (χ3v) is 3.07. The van der Waals surface area contributed by atoms with E-state index in [1.165, 1.54) is 24.8 Å². The summed E-state index contributed by atoms with van der Waals surface area (Å²) in [5, 5.41) is 9.47. The molecule has 2 nitrogen and oxygen atoms in total. The highest BCUT2D eigenvalue weighted by Gasteiger charge is 2.12. The largest absolute Gasteiger partial charge is 0.508 e. The molecule has 0 bridgehead atoms. The number of aromatic hydroxyl groups is 1. The molecule has 1 rings (SSSR count). The van der Waals surface area contributed by atoms with Crippen LogP contribution in [0.15, 0.2) is 12.1 Å². The number of hydrogen-bond acceptors (Lipinski definition) is 2. The number of aryl methyl sites for hydroxylation is 2. The number of unbranched alkanes of at least 4 members (excludes halogenated alkanes) is 2. The maximum absolute atomic E-state index is 9.47. The van der Waals surface area contributed by atoms with Crippen LogP contribution < -0.4 is 5.73 Å². The van der Waals surface area contributed by atoms with Crippen LogP contribution in [-0.2, 0) is 0 Å². The van der Waals surface area contributed by atoms with E-state index in [1.54, 1.807) is 12.1 Å². The van der Waals surface area contributed by atoms with Crippen molar-refractivity contribution in [3.63, 3.8) is 0 Å². The molecule has 0 unspecified atom stereocenters. The highest BCUT2D eigenvalue weighted by Crippen LogP contribution is 2.27. The van der Waals surface area contributed by atoms with Crippen molar-refractivity contribution in [3.8, 4) is 5.75 Å². The minimum atomic E-state index is 0.104. The van der Waals surface area contributed by atoms with E-state index in [2.05, 4.69) is 6.92 Å². The number of rotatable bonds is 5. The monoisotopic (exact) mass is 221 g/mol. The molecule has 0 spiro atoms. The summed E-state index contributed by atoms with van der Waals surface area (Å²) >= 11 is 0. The van der Waals surface area contributed by atoms with Gasteiger partial charge in [0.2, 0.25) is 0 Å². The van der Waals surface area contributed by atoms with E-state index in [-0.39, 0.29) is 6.04 Å². The highest BCUT2D eigenvalue weighted by atomic mass is 16.3. The van der Waals surface area contributed by atoms with Crippen LogP contribution in [0.5, 0.6) is 5.75 Å². The van der Waals surface area contributed by atoms with Gasteiger partial charge in [0.15, 0.2) is 0 Å². The first-order chi connectivity index (χ1) is 7.56. The van der Waals surface area contributed by atoms with Crippen LogP contribution in [0, 0.1) is 13.8 Å². The molecule has 1 aromatic rings. The maximum atomic E-state index is 9.47. The van der Waals surface area contributed by atoms with Gasteiger partial charge in [-0.25, -0.2) is 0 Å². The first kappa shape index (κ1) is 13.0. The molecule has 0 aliphatic rings. The zero-order chi connectivity index (χ0) is 12.1.